The predicted octanol–water partition coefficient (Wildman–Crippen LogP) is 1.72. The molecule has 0 radical (unpaired) electrons. The Labute approximate surface area is 131 Å². The van der Waals surface area contributed by atoms with E-state index in [9.17, 15) is 18.5 Å². The first-order valence-corrected chi connectivity index (χ1v) is 8.56. The first-order chi connectivity index (χ1) is 9.68. The smallest absolute Gasteiger partial charge is 0.271 e. The third kappa shape index (κ3) is 3.25. The van der Waals surface area contributed by atoms with Crippen molar-refractivity contribution in [2.24, 2.45) is 11.1 Å². The van der Waals surface area contributed by atoms with Crippen molar-refractivity contribution < 1.29 is 13.3 Å². The zero-order valence-electron chi connectivity index (χ0n) is 11.5. The summed E-state index contributed by atoms with van der Waals surface area (Å²) in [4.78, 5) is 10.2. The molecule has 1 unspecified atom stereocenters. The summed E-state index contributed by atoms with van der Waals surface area (Å²) in [5, 5.41) is 10.9. The number of rotatable bonds is 4. The maximum Gasteiger partial charge on any atom is 0.271 e. The molecule has 0 bridgehead atoms. The highest BCUT2D eigenvalue weighted by Gasteiger charge is 2.39. The van der Waals surface area contributed by atoms with Crippen LogP contribution < -0.4 is 5.73 Å². The zero-order valence-corrected chi connectivity index (χ0v) is 13.9. The molecule has 21 heavy (non-hydrogen) atoms. The van der Waals surface area contributed by atoms with Crippen LogP contribution in [0.5, 0.6) is 0 Å². The molecule has 0 aromatic heterocycles. The Bertz CT molecular complexity index is 679. The van der Waals surface area contributed by atoms with Gasteiger partial charge in [-0.1, -0.05) is 22.9 Å². The normalized spacial score (nSPS) is 23.4. The maximum atomic E-state index is 12.6. The minimum absolute atomic E-state index is 0.0788. The third-order valence-corrected chi connectivity index (χ3v) is 6.00. The van der Waals surface area contributed by atoms with Crippen molar-refractivity contribution in [1.82, 2.24) is 4.31 Å². The lowest BCUT2D eigenvalue weighted by Gasteiger charge is -2.22. The van der Waals surface area contributed by atoms with Gasteiger partial charge < -0.3 is 5.73 Å². The van der Waals surface area contributed by atoms with Crippen LogP contribution >= 0.6 is 15.9 Å². The van der Waals surface area contributed by atoms with Crippen LogP contribution in [0.25, 0.3) is 0 Å². The van der Waals surface area contributed by atoms with E-state index in [-0.39, 0.29) is 16.0 Å². The topological polar surface area (TPSA) is 107 Å². The Morgan fingerprint density at radius 1 is 1.48 bits per heavy atom. The molecule has 7 nitrogen and oxygen atoms in total. The SMILES string of the molecule is CC1(CN)CCN(S(=O)(=O)c2cc(Br)cc([N+](=O)[O-])c2)C1. The highest BCUT2D eigenvalue weighted by molar-refractivity contribution is 9.10. The molecule has 116 valence electrons. The van der Waals surface area contributed by atoms with Gasteiger partial charge in [-0.15, -0.1) is 0 Å². The molecule has 1 atom stereocenters. The standard InChI is InChI=1S/C12H16BrN3O4S/c1-12(7-14)2-3-15(8-12)21(19,20)11-5-9(13)4-10(6-11)16(17)18/h4-6H,2-3,7-8,14H2,1H3. The van der Waals surface area contributed by atoms with Crippen LogP contribution in [0.3, 0.4) is 0 Å². The second-order valence-electron chi connectivity index (χ2n) is 5.51. The molecular weight excluding hydrogens is 362 g/mol. The Morgan fingerprint density at radius 2 is 2.14 bits per heavy atom. The molecule has 1 saturated heterocycles. The highest BCUT2D eigenvalue weighted by Crippen LogP contribution is 2.34. The van der Waals surface area contributed by atoms with E-state index >= 15 is 0 Å². The predicted molar refractivity (Wildman–Crippen MR) is 81.3 cm³/mol. The van der Waals surface area contributed by atoms with Crippen LogP contribution in [-0.4, -0.2) is 37.3 Å². The van der Waals surface area contributed by atoms with Crippen molar-refractivity contribution in [3.05, 3.63) is 32.8 Å². The molecule has 1 fully saturated rings. The van der Waals surface area contributed by atoms with Gasteiger partial charge in [-0.05, 0) is 24.4 Å². The van der Waals surface area contributed by atoms with Crippen LogP contribution in [-0.2, 0) is 10.0 Å². The van der Waals surface area contributed by atoms with Crippen molar-refractivity contribution in [3.8, 4) is 0 Å². The fourth-order valence-corrected chi connectivity index (χ4v) is 4.59. The molecule has 9 heteroatoms. The average molecular weight is 378 g/mol. The van der Waals surface area contributed by atoms with E-state index in [2.05, 4.69) is 15.9 Å². The Kier molecular flexibility index (Phi) is 4.39. The van der Waals surface area contributed by atoms with Crippen LogP contribution in [0.4, 0.5) is 5.69 Å². The number of nitro benzene ring substituents is 1. The second-order valence-corrected chi connectivity index (χ2v) is 8.36. The summed E-state index contributed by atoms with van der Waals surface area (Å²) in [6.45, 7) is 3.03. The monoisotopic (exact) mass is 377 g/mol. The van der Waals surface area contributed by atoms with Gasteiger partial charge in [0.05, 0.1) is 9.82 Å². The fourth-order valence-electron chi connectivity index (χ4n) is 2.30. The maximum absolute atomic E-state index is 12.6. The van der Waals surface area contributed by atoms with E-state index in [1.807, 2.05) is 6.92 Å². The molecule has 2 rings (SSSR count). The number of nitrogens with two attached hydrogens (primary N) is 1. The zero-order chi connectivity index (χ0) is 15.8. The van der Waals surface area contributed by atoms with Gasteiger partial charge in [0.2, 0.25) is 10.0 Å². The van der Waals surface area contributed by atoms with E-state index in [4.69, 9.17) is 5.73 Å². The van der Waals surface area contributed by atoms with Crippen molar-refractivity contribution >= 4 is 31.6 Å². The van der Waals surface area contributed by atoms with E-state index in [0.29, 0.717) is 30.5 Å². The van der Waals surface area contributed by atoms with E-state index in [1.165, 1.54) is 16.4 Å². The van der Waals surface area contributed by atoms with E-state index in [0.717, 1.165) is 6.07 Å². The van der Waals surface area contributed by atoms with E-state index < -0.39 is 14.9 Å². The Balaban J connectivity index is 2.39. The molecular formula is C12H16BrN3O4S. The average Bonchev–Trinajstić information content (AvgIpc) is 2.82. The number of benzene rings is 1. The van der Waals surface area contributed by atoms with Gasteiger partial charge in [0.1, 0.15) is 0 Å². The number of sulfonamides is 1. The summed E-state index contributed by atoms with van der Waals surface area (Å²) < 4.78 is 26.9. The lowest BCUT2D eigenvalue weighted by Crippen LogP contribution is -2.34. The lowest BCUT2D eigenvalue weighted by atomic mass is 9.90. The molecule has 1 aromatic rings. The fraction of sp³-hybridized carbons (Fsp3) is 0.500. The second kappa shape index (κ2) is 5.64. The number of nitrogens with zero attached hydrogens (tertiary/aromatic N) is 2. The number of hydrogen-bond donors (Lipinski definition) is 1. The van der Waals surface area contributed by atoms with Gasteiger partial charge in [0.25, 0.3) is 5.69 Å². The first kappa shape index (κ1) is 16.3. The molecule has 0 aliphatic carbocycles. The molecule has 1 heterocycles. The highest BCUT2D eigenvalue weighted by atomic mass is 79.9. The van der Waals surface area contributed by atoms with Crippen molar-refractivity contribution in [2.45, 2.75) is 18.2 Å². The lowest BCUT2D eigenvalue weighted by molar-refractivity contribution is -0.385. The summed E-state index contributed by atoms with van der Waals surface area (Å²) in [6, 6.07) is 3.73. The number of hydrogen-bond acceptors (Lipinski definition) is 5. The number of nitro groups is 1. The summed E-state index contributed by atoms with van der Waals surface area (Å²) >= 11 is 3.11. The van der Waals surface area contributed by atoms with Crippen LogP contribution in [0, 0.1) is 15.5 Å². The van der Waals surface area contributed by atoms with Crippen LogP contribution in [0.2, 0.25) is 0 Å². The minimum atomic E-state index is -3.76. The molecule has 1 aliphatic heterocycles. The quantitative estimate of drug-likeness (QED) is 0.634. The van der Waals surface area contributed by atoms with Crippen LogP contribution in [0.1, 0.15) is 13.3 Å². The van der Waals surface area contributed by atoms with E-state index in [1.54, 1.807) is 0 Å². The molecule has 0 spiro atoms. The minimum Gasteiger partial charge on any atom is -0.330 e. The molecule has 0 saturated carbocycles. The third-order valence-electron chi connectivity index (χ3n) is 3.72. The van der Waals surface area contributed by atoms with Crippen molar-refractivity contribution in [3.63, 3.8) is 0 Å². The van der Waals surface area contributed by atoms with Crippen molar-refractivity contribution in [1.29, 1.82) is 0 Å². The summed E-state index contributed by atoms with van der Waals surface area (Å²) in [5.74, 6) is 0. The largest absolute Gasteiger partial charge is 0.330 e. The first-order valence-electron chi connectivity index (χ1n) is 6.33. The molecule has 0 amide bonds. The number of halogens is 1. The molecule has 1 aliphatic rings. The van der Waals surface area contributed by atoms with Crippen LogP contribution in [0.15, 0.2) is 27.6 Å². The van der Waals surface area contributed by atoms with Gasteiger partial charge in [-0.2, -0.15) is 4.31 Å². The number of non-ortho nitro benzene ring substituents is 1. The van der Waals surface area contributed by atoms with Gasteiger partial charge in [-0.25, -0.2) is 8.42 Å². The Morgan fingerprint density at radius 3 is 2.67 bits per heavy atom. The molecule has 1 aromatic carbocycles. The summed E-state index contributed by atoms with van der Waals surface area (Å²) in [6.07, 6.45) is 0.679. The van der Waals surface area contributed by atoms with Crippen molar-refractivity contribution in [2.75, 3.05) is 19.6 Å². The summed E-state index contributed by atoms with van der Waals surface area (Å²) in [7, 11) is -3.76. The van der Waals surface area contributed by atoms with Gasteiger partial charge in [0, 0.05) is 29.7 Å². The van der Waals surface area contributed by atoms with Gasteiger partial charge in [0.15, 0.2) is 0 Å². The Hall–Kier alpha value is -1.03. The molecule has 2 N–H and O–H groups in total. The van der Waals surface area contributed by atoms with Gasteiger partial charge >= 0.3 is 0 Å². The summed E-state index contributed by atoms with van der Waals surface area (Å²) in [5.41, 5.74) is 5.18. The van der Waals surface area contributed by atoms with Gasteiger partial charge in [-0.3, -0.25) is 10.1 Å².